The standard InChI is InChI=1S/C12H17N5O3/c13-15-11-3-8(17(19)20)4-12(14-11)16-5-7-1-2-10(18)9(7)6-16/h3-4,7,9-10,18H,1-2,5-6,13H2,(H,14,15). The van der Waals surface area contributed by atoms with Gasteiger partial charge < -0.3 is 15.4 Å². The molecule has 108 valence electrons. The van der Waals surface area contributed by atoms with Crippen molar-refractivity contribution in [2.24, 2.45) is 17.7 Å². The minimum absolute atomic E-state index is 0.0412. The van der Waals surface area contributed by atoms with Gasteiger partial charge in [0.15, 0.2) is 0 Å². The lowest BCUT2D eigenvalue weighted by Gasteiger charge is -2.19. The molecule has 0 aromatic carbocycles. The Labute approximate surface area is 115 Å². The lowest BCUT2D eigenvalue weighted by Crippen LogP contribution is -2.25. The fourth-order valence-electron chi connectivity index (χ4n) is 3.27. The van der Waals surface area contributed by atoms with Gasteiger partial charge in [-0.3, -0.25) is 10.1 Å². The van der Waals surface area contributed by atoms with Gasteiger partial charge in [-0.1, -0.05) is 0 Å². The highest BCUT2D eigenvalue weighted by molar-refractivity contribution is 5.56. The van der Waals surface area contributed by atoms with Gasteiger partial charge in [0.2, 0.25) is 0 Å². The molecule has 8 nitrogen and oxygen atoms in total. The van der Waals surface area contributed by atoms with E-state index >= 15 is 0 Å². The SMILES string of the molecule is NNc1cc([N+](=O)[O-])cc(N2CC3CCC(O)C3C2)n1. The third-order valence-corrected chi connectivity index (χ3v) is 4.30. The van der Waals surface area contributed by atoms with Crippen LogP contribution in [0.2, 0.25) is 0 Å². The van der Waals surface area contributed by atoms with Crippen LogP contribution in [0.5, 0.6) is 0 Å². The van der Waals surface area contributed by atoms with Gasteiger partial charge in [-0.25, -0.2) is 10.8 Å². The molecule has 3 unspecified atom stereocenters. The normalized spacial score (nSPS) is 28.5. The fraction of sp³-hybridized carbons (Fsp3) is 0.583. The predicted molar refractivity (Wildman–Crippen MR) is 73.1 cm³/mol. The molecule has 20 heavy (non-hydrogen) atoms. The fourth-order valence-corrected chi connectivity index (χ4v) is 3.27. The van der Waals surface area contributed by atoms with Crippen LogP contribution in [0.15, 0.2) is 12.1 Å². The van der Waals surface area contributed by atoms with Gasteiger partial charge in [0.25, 0.3) is 5.69 Å². The van der Waals surface area contributed by atoms with Crippen LogP contribution in [0.3, 0.4) is 0 Å². The largest absolute Gasteiger partial charge is 0.393 e. The van der Waals surface area contributed by atoms with Crippen LogP contribution in [-0.4, -0.2) is 34.2 Å². The number of nitrogens with zero attached hydrogens (tertiary/aromatic N) is 3. The lowest BCUT2D eigenvalue weighted by molar-refractivity contribution is -0.384. The molecule has 0 bridgehead atoms. The number of nitrogen functional groups attached to an aromatic ring is 1. The molecular weight excluding hydrogens is 262 g/mol. The summed E-state index contributed by atoms with van der Waals surface area (Å²) >= 11 is 0. The zero-order valence-corrected chi connectivity index (χ0v) is 10.9. The molecule has 0 amide bonds. The number of hydrogen-bond donors (Lipinski definition) is 3. The maximum atomic E-state index is 10.9. The Hall–Kier alpha value is -1.93. The number of aliphatic hydroxyl groups is 1. The van der Waals surface area contributed by atoms with Crippen molar-refractivity contribution in [3.63, 3.8) is 0 Å². The van der Waals surface area contributed by atoms with E-state index in [0.29, 0.717) is 18.3 Å². The molecule has 3 rings (SSSR count). The molecule has 1 aliphatic heterocycles. The van der Waals surface area contributed by atoms with E-state index in [-0.39, 0.29) is 23.5 Å². The van der Waals surface area contributed by atoms with Crippen LogP contribution in [0.1, 0.15) is 12.8 Å². The smallest absolute Gasteiger partial charge is 0.276 e. The lowest BCUT2D eigenvalue weighted by atomic mass is 10.00. The number of nitrogens with two attached hydrogens (primary N) is 1. The zero-order valence-electron chi connectivity index (χ0n) is 10.9. The molecule has 1 saturated carbocycles. The predicted octanol–water partition coefficient (Wildman–Crippen LogP) is 0.482. The van der Waals surface area contributed by atoms with Crippen LogP contribution >= 0.6 is 0 Å². The summed E-state index contributed by atoms with van der Waals surface area (Å²) < 4.78 is 0. The third-order valence-electron chi connectivity index (χ3n) is 4.30. The Morgan fingerprint density at radius 2 is 2.25 bits per heavy atom. The van der Waals surface area contributed by atoms with Crippen LogP contribution in [0, 0.1) is 22.0 Å². The van der Waals surface area contributed by atoms with Crippen LogP contribution in [0.4, 0.5) is 17.3 Å². The summed E-state index contributed by atoms with van der Waals surface area (Å²) in [7, 11) is 0. The number of anilines is 2. The van der Waals surface area contributed by atoms with Crippen molar-refractivity contribution in [3.05, 3.63) is 22.2 Å². The van der Waals surface area contributed by atoms with E-state index < -0.39 is 4.92 Å². The van der Waals surface area contributed by atoms with E-state index in [4.69, 9.17) is 5.84 Å². The molecule has 2 fully saturated rings. The summed E-state index contributed by atoms with van der Waals surface area (Å²) in [4.78, 5) is 16.7. The van der Waals surface area contributed by atoms with Gasteiger partial charge >= 0.3 is 0 Å². The highest BCUT2D eigenvalue weighted by atomic mass is 16.6. The van der Waals surface area contributed by atoms with Crippen molar-refractivity contribution in [2.75, 3.05) is 23.4 Å². The Bertz CT molecular complexity index is 538. The molecule has 2 heterocycles. The first-order valence-corrected chi connectivity index (χ1v) is 6.64. The van der Waals surface area contributed by atoms with Crippen molar-refractivity contribution in [2.45, 2.75) is 18.9 Å². The van der Waals surface area contributed by atoms with E-state index in [1.54, 1.807) is 0 Å². The molecule has 0 spiro atoms. The maximum absolute atomic E-state index is 10.9. The number of nitro groups is 1. The quantitative estimate of drug-likeness (QED) is 0.418. The number of nitrogens with one attached hydrogen (secondary N) is 1. The minimum atomic E-state index is -0.461. The van der Waals surface area contributed by atoms with Crippen molar-refractivity contribution in [1.82, 2.24) is 4.98 Å². The van der Waals surface area contributed by atoms with Crippen molar-refractivity contribution in [3.8, 4) is 0 Å². The molecule has 1 aromatic rings. The van der Waals surface area contributed by atoms with Gasteiger partial charge in [-0.15, -0.1) is 0 Å². The summed E-state index contributed by atoms with van der Waals surface area (Å²) in [5.74, 6) is 6.80. The van der Waals surface area contributed by atoms with Crippen LogP contribution in [-0.2, 0) is 0 Å². The molecule has 3 atom stereocenters. The topological polar surface area (TPSA) is 118 Å². The van der Waals surface area contributed by atoms with E-state index in [0.717, 1.165) is 19.4 Å². The Morgan fingerprint density at radius 1 is 1.45 bits per heavy atom. The monoisotopic (exact) mass is 279 g/mol. The van der Waals surface area contributed by atoms with Crippen molar-refractivity contribution >= 4 is 17.3 Å². The highest BCUT2D eigenvalue weighted by Crippen LogP contribution is 2.40. The number of hydrogen-bond acceptors (Lipinski definition) is 7. The summed E-state index contributed by atoms with van der Waals surface area (Å²) in [6.07, 6.45) is 1.58. The van der Waals surface area contributed by atoms with Gasteiger partial charge in [-0.05, 0) is 18.8 Å². The molecule has 1 aliphatic carbocycles. The Balaban J connectivity index is 1.87. The minimum Gasteiger partial charge on any atom is -0.393 e. The molecule has 8 heteroatoms. The van der Waals surface area contributed by atoms with Gasteiger partial charge in [0.1, 0.15) is 11.6 Å². The molecular formula is C12H17N5O3. The molecule has 4 N–H and O–H groups in total. The Morgan fingerprint density at radius 3 is 2.90 bits per heavy atom. The molecule has 1 saturated heterocycles. The zero-order chi connectivity index (χ0) is 14.3. The van der Waals surface area contributed by atoms with Crippen LogP contribution in [0.25, 0.3) is 0 Å². The Kier molecular flexibility index (Phi) is 3.19. The van der Waals surface area contributed by atoms with Crippen LogP contribution < -0.4 is 16.2 Å². The van der Waals surface area contributed by atoms with Gasteiger partial charge in [-0.2, -0.15) is 0 Å². The number of aromatic nitrogens is 1. The van der Waals surface area contributed by atoms with E-state index in [1.165, 1.54) is 12.1 Å². The van der Waals surface area contributed by atoms with E-state index in [9.17, 15) is 15.2 Å². The van der Waals surface area contributed by atoms with E-state index in [1.807, 2.05) is 4.90 Å². The van der Waals surface area contributed by atoms with Crippen molar-refractivity contribution in [1.29, 1.82) is 0 Å². The molecule has 2 aliphatic rings. The summed E-state index contributed by atoms with van der Waals surface area (Å²) in [6, 6.07) is 2.75. The number of hydrazine groups is 1. The summed E-state index contributed by atoms with van der Waals surface area (Å²) in [6.45, 7) is 1.46. The number of rotatable bonds is 3. The summed E-state index contributed by atoms with van der Waals surface area (Å²) in [5.41, 5.74) is 2.31. The van der Waals surface area contributed by atoms with Crippen molar-refractivity contribution < 1.29 is 10.0 Å². The number of fused-ring (bicyclic) bond motifs is 1. The van der Waals surface area contributed by atoms with E-state index in [2.05, 4.69) is 10.4 Å². The second-order valence-corrected chi connectivity index (χ2v) is 5.44. The molecule has 1 aromatic heterocycles. The number of pyridine rings is 1. The van der Waals surface area contributed by atoms with Gasteiger partial charge in [0, 0.05) is 19.0 Å². The maximum Gasteiger partial charge on any atom is 0.276 e. The first kappa shape index (κ1) is 13.1. The summed E-state index contributed by atoms with van der Waals surface area (Å²) in [5, 5.41) is 20.9. The first-order valence-electron chi connectivity index (χ1n) is 6.64. The second-order valence-electron chi connectivity index (χ2n) is 5.44. The average molecular weight is 279 g/mol. The number of aliphatic hydroxyl groups excluding tert-OH is 1. The first-order chi connectivity index (χ1) is 9.58. The molecule has 0 radical (unpaired) electrons. The second kappa shape index (κ2) is 4.88. The average Bonchev–Trinajstić information content (AvgIpc) is 3.01. The third kappa shape index (κ3) is 2.16. The highest BCUT2D eigenvalue weighted by Gasteiger charge is 2.42. The van der Waals surface area contributed by atoms with Gasteiger partial charge in [0.05, 0.1) is 23.2 Å².